The molecule has 3 aliphatic carbocycles. The number of aliphatic hydroxyl groups excluding tert-OH is 1. The van der Waals surface area contributed by atoms with Gasteiger partial charge in [0.1, 0.15) is 5.75 Å². The number of hydrogen-bond donors (Lipinski definition) is 2. The van der Waals surface area contributed by atoms with Crippen molar-refractivity contribution in [3.63, 3.8) is 0 Å². The lowest BCUT2D eigenvalue weighted by Gasteiger charge is -2.50. The Hall–Kier alpha value is -1.11. The van der Waals surface area contributed by atoms with Crippen molar-refractivity contribution < 1.29 is 22.3 Å². The summed E-state index contributed by atoms with van der Waals surface area (Å²) in [4.78, 5) is 0. The van der Waals surface area contributed by atoms with Crippen LogP contribution in [0.1, 0.15) is 56.1 Å². The molecular formula is C18H24O5S. The van der Waals surface area contributed by atoms with E-state index in [0.29, 0.717) is 17.8 Å². The van der Waals surface area contributed by atoms with Gasteiger partial charge in [-0.3, -0.25) is 4.55 Å². The van der Waals surface area contributed by atoms with Gasteiger partial charge in [-0.25, -0.2) is 0 Å². The lowest BCUT2D eigenvalue weighted by Crippen LogP contribution is -2.43. The maximum atomic E-state index is 10.9. The summed E-state index contributed by atoms with van der Waals surface area (Å²) < 4.78 is 35.2. The summed E-state index contributed by atoms with van der Waals surface area (Å²) in [6.07, 6.45) is 5.93. The molecule has 3 unspecified atom stereocenters. The van der Waals surface area contributed by atoms with Crippen LogP contribution in [-0.4, -0.2) is 24.2 Å². The molecule has 0 bridgehead atoms. The highest BCUT2D eigenvalue weighted by Gasteiger charge is 2.54. The predicted octanol–water partition coefficient (Wildman–Crippen LogP) is 3.09. The van der Waals surface area contributed by atoms with Crippen LogP contribution in [0.5, 0.6) is 5.75 Å². The molecule has 2 N–H and O–H groups in total. The van der Waals surface area contributed by atoms with Crippen LogP contribution in [0.25, 0.3) is 0 Å². The third kappa shape index (κ3) is 2.55. The molecule has 0 saturated heterocycles. The fourth-order valence-corrected chi connectivity index (χ4v) is 6.05. The summed E-state index contributed by atoms with van der Waals surface area (Å²) in [7, 11) is -4.48. The SMILES string of the molecule is C[C@]12CCC3c4ccc(OS(=O)(=O)O)cc4CCC3C1CC[C@H]2O. The first-order valence-electron chi connectivity index (χ1n) is 8.76. The Bertz CT molecular complexity index is 759. The molecule has 5 nitrogen and oxygen atoms in total. The Labute approximate surface area is 143 Å². The molecule has 1 aromatic carbocycles. The molecule has 0 spiro atoms. The fourth-order valence-electron chi connectivity index (χ4n) is 5.70. The van der Waals surface area contributed by atoms with Gasteiger partial charge in [-0.2, -0.15) is 8.42 Å². The average molecular weight is 352 g/mol. The fraction of sp³-hybridized carbons (Fsp3) is 0.667. The van der Waals surface area contributed by atoms with E-state index in [9.17, 15) is 13.5 Å². The van der Waals surface area contributed by atoms with Crippen LogP contribution in [0, 0.1) is 17.3 Å². The van der Waals surface area contributed by atoms with Crippen molar-refractivity contribution in [3.05, 3.63) is 29.3 Å². The standard InChI is InChI=1S/C18H24O5S/c1-18-9-8-14-13-5-3-12(23-24(20,21)22)10-11(13)2-4-15(14)16(18)6-7-17(18)19/h3,5,10,14-17,19H,2,4,6-9H2,1H3,(H,20,21,22)/t14?,15?,16?,17-,18+/m1/s1. The van der Waals surface area contributed by atoms with Crippen molar-refractivity contribution in [1.29, 1.82) is 0 Å². The minimum absolute atomic E-state index is 0.0622. The monoisotopic (exact) mass is 352 g/mol. The van der Waals surface area contributed by atoms with Crippen LogP contribution in [0.2, 0.25) is 0 Å². The molecule has 1 aromatic rings. The van der Waals surface area contributed by atoms with E-state index in [1.165, 1.54) is 5.56 Å². The summed E-state index contributed by atoms with van der Waals surface area (Å²) in [5.41, 5.74) is 2.48. The lowest BCUT2D eigenvalue weighted by atomic mass is 9.55. The normalized spacial score (nSPS) is 38.1. The summed E-state index contributed by atoms with van der Waals surface area (Å²) in [6, 6.07) is 5.34. The number of aryl methyl sites for hydroxylation is 1. The van der Waals surface area contributed by atoms with Crippen molar-refractivity contribution >= 4 is 10.4 Å². The minimum atomic E-state index is -4.48. The smallest absolute Gasteiger partial charge is 0.393 e. The molecule has 132 valence electrons. The van der Waals surface area contributed by atoms with E-state index in [0.717, 1.165) is 44.1 Å². The topological polar surface area (TPSA) is 83.8 Å². The van der Waals surface area contributed by atoms with Crippen molar-refractivity contribution in [3.8, 4) is 5.75 Å². The van der Waals surface area contributed by atoms with Crippen LogP contribution < -0.4 is 4.18 Å². The van der Waals surface area contributed by atoms with Crippen molar-refractivity contribution in [2.24, 2.45) is 17.3 Å². The van der Waals surface area contributed by atoms with E-state index >= 15 is 0 Å². The molecule has 0 aliphatic heterocycles. The van der Waals surface area contributed by atoms with Gasteiger partial charge in [-0.15, -0.1) is 0 Å². The van der Waals surface area contributed by atoms with Crippen LogP contribution in [0.3, 0.4) is 0 Å². The molecule has 3 aliphatic rings. The molecule has 5 atom stereocenters. The van der Waals surface area contributed by atoms with Gasteiger partial charge in [0, 0.05) is 0 Å². The number of rotatable bonds is 2. The number of fused-ring (bicyclic) bond motifs is 5. The van der Waals surface area contributed by atoms with Gasteiger partial charge in [0.15, 0.2) is 0 Å². The third-order valence-electron chi connectivity index (χ3n) is 6.85. The summed E-state index contributed by atoms with van der Waals surface area (Å²) in [6.45, 7) is 2.25. The molecule has 24 heavy (non-hydrogen) atoms. The Balaban J connectivity index is 1.63. The molecule has 0 radical (unpaired) electrons. The molecule has 6 heteroatoms. The largest absolute Gasteiger partial charge is 0.446 e. The Morgan fingerprint density at radius 3 is 2.75 bits per heavy atom. The first-order valence-corrected chi connectivity index (χ1v) is 10.1. The molecule has 0 amide bonds. The van der Waals surface area contributed by atoms with Crippen LogP contribution in [0.15, 0.2) is 18.2 Å². The van der Waals surface area contributed by atoms with Crippen molar-refractivity contribution in [2.45, 2.75) is 57.5 Å². The summed E-state index contributed by atoms with van der Waals surface area (Å²) >= 11 is 0. The first kappa shape index (κ1) is 16.4. The van der Waals surface area contributed by atoms with E-state index in [1.807, 2.05) is 6.07 Å². The Morgan fingerprint density at radius 1 is 1.21 bits per heavy atom. The quantitative estimate of drug-likeness (QED) is 0.799. The zero-order valence-corrected chi connectivity index (χ0v) is 14.6. The van der Waals surface area contributed by atoms with Crippen LogP contribution >= 0.6 is 0 Å². The first-order chi connectivity index (χ1) is 11.3. The molecule has 2 fully saturated rings. The zero-order valence-electron chi connectivity index (χ0n) is 13.8. The highest BCUT2D eigenvalue weighted by Crippen LogP contribution is 2.60. The van der Waals surface area contributed by atoms with Gasteiger partial charge in [-0.1, -0.05) is 13.0 Å². The van der Waals surface area contributed by atoms with E-state index in [1.54, 1.807) is 12.1 Å². The second kappa shape index (κ2) is 5.44. The van der Waals surface area contributed by atoms with E-state index < -0.39 is 10.4 Å². The zero-order chi connectivity index (χ0) is 17.1. The maximum absolute atomic E-state index is 10.9. The average Bonchev–Trinajstić information content (AvgIpc) is 2.81. The highest BCUT2D eigenvalue weighted by molar-refractivity contribution is 7.81. The minimum Gasteiger partial charge on any atom is -0.393 e. The summed E-state index contributed by atoms with van der Waals surface area (Å²) in [5.74, 6) is 1.83. The van der Waals surface area contributed by atoms with Gasteiger partial charge >= 0.3 is 10.4 Å². The van der Waals surface area contributed by atoms with Gasteiger partial charge in [0.25, 0.3) is 0 Å². The number of benzene rings is 1. The second-order valence-corrected chi connectivity index (χ2v) is 8.95. The summed E-state index contributed by atoms with van der Waals surface area (Å²) in [5, 5.41) is 10.4. The molecule has 2 saturated carbocycles. The second-order valence-electron chi connectivity index (χ2n) is 7.92. The highest BCUT2D eigenvalue weighted by atomic mass is 32.3. The number of aliphatic hydroxyl groups is 1. The maximum Gasteiger partial charge on any atom is 0.446 e. The Morgan fingerprint density at radius 2 is 2.00 bits per heavy atom. The van der Waals surface area contributed by atoms with E-state index in [2.05, 4.69) is 11.1 Å². The van der Waals surface area contributed by atoms with Gasteiger partial charge in [0.05, 0.1) is 6.10 Å². The van der Waals surface area contributed by atoms with Gasteiger partial charge < -0.3 is 9.29 Å². The van der Waals surface area contributed by atoms with Crippen LogP contribution in [0.4, 0.5) is 0 Å². The molecule has 0 heterocycles. The van der Waals surface area contributed by atoms with E-state index in [4.69, 9.17) is 4.55 Å². The molecular weight excluding hydrogens is 328 g/mol. The predicted molar refractivity (Wildman–Crippen MR) is 89.2 cm³/mol. The van der Waals surface area contributed by atoms with Gasteiger partial charge in [-0.05, 0) is 85.0 Å². The number of hydrogen-bond acceptors (Lipinski definition) is 4. The Kier molecular flexibility index (Phi) is 3.71. The molecule has 4 rings (SSSR count). The van der Waals surface area contributed by atoms with Crippen molar-refractivity contribution in [2.75, 3.05) is 0 Å². The van der Waals surface area contributed by atoms with E-state index in [-0.39, 0.29) is 17.3 Å². The van der Waals surface area contributed by atoms with Crippen LogP contribution in [-0.2, 0) is 16.8 Å². The molecule has 0 aromatic heterocycles. The lowest BCUT2D eigenvalue weighted by molar-refractivity contribution is -0.0226. The third-order valence-corrected chi connectivity index (χ3v) is 7.25. The van der Waals surface area contributed by atoms with Gasteiger partial charge in [0.2, 0.25) is 0 Å². The van der Waals surface area contributed by atoms with Crippen molar-refractivity contribution in [1.82, 2.24) is 0 Å².